The number of anilines is 1. The summed E-state index contributed by atoms with van der Waals surface area (Å²) in [5.74, 6) is -0.811. The van der Waals surface area contributed by atoms with Gasteiger partial charge in [0.1, 0.15) is 11.6 Å². The van der Waals surface area contributed by atoms with Gasteiger partial charge in [-0.25, -0.2) is 8.78 Å². The minimum atomic E-state index is -0.285. The van der Waals surface area contributed by atoms with Crippen molar-refractivity contribution in [1.82, 2.24) is 9.80 Å². The van der Waals surface area contributed by atoms with Crippen molar-refractivity contribution < 1.29 is 18.3 Å². The van der Waals surface area contributed by atoms with Gasteiger partial charge in [0.2, 0.25) is 5.91 Å². The highest BCUT2D eigenvalue weighted by atomic mass is 19.1. The first-order chi connectivity index (χ1) is 17.7. The molecule has 200 valence electrons. The molecule has 0 saturated carbocycles. The fraction of sp³-hybridized carbons (Fsp3) is 0.567. The summed E-state index contributed by atoms with van der Waals surface area (Å²) in [5, 5.41) is 0. The maximum Gasteiger partial charge on any atom is 0.227 e. The van der Waals surface area contributed by atoms with E-state index in [1.54, 1.807) is 18.2 Å². The minimum absolute atomic E-state index is 0.0848. The molecule has 3 fully saturated rings. The Balaban J connectivity index is 1.37. The second-order valence-electron chi connectivity index (χ2n) is 11.4. The zero-order valence-electron chi connectivity index (χ0n) is 22.4. The molecule has 3 aliphatic heterocycles. The molecule has 0 aromatic heterocycles. The Morgan fingerprint density at radius 3 is 2.30 bits per heavy atom. The van der Waals surface area contributed by atoms with Crippen molar-refractivity contribution in [3.05, 3.63) is 65.2 Å². The Morgan fingerprint density at radius 1 is 0.946 bits per heavy atom. The molecule has 0 bridgehead atoms. The van der Waals surface area contributed by atoms with Crippen molar-refractivity contribution in [3.63, 3.8) is 0 Å². The van der Waals surface area contributed by atoms with Gasteiger partial charge in [0.25, 0.3) is 0 Å². The van der Waals surface area contributed by atoms with Crippen molar-refractivity contribution in [2.24, 2.45) is 5.92 Å². The fourth-order valence-corrected chi connectivity index (χ4v) is 6.80. The number of nitrogens with zero attached hydrogens (tertiary/aromatic N) is 3. The van der Waals surface area contributed by atoms with Crippen LogP contribution in [-0.2, 0) is 9.53 Å². The van der Waals surface area contributed by atoms with Crippen LogP contribution in [0, 0.1) is 24.5 Å². The van der Waals surface area contributed by atoms with E-state index in [1.165, 1.54) is 12.1 Å². The van der Waals surface area contributed by atoms with Crippen LogP contribution in [0.1, 0.15) is 50.7 Å². The number of ether oxygens (including phenoxy) is 1. The monoisotopic (exact) mass is 511 g/mol. The third-order valence-corrected chi connectivity index (χ3v) is 8.55. The Bertz CT molecular complexity index is 1100. The molecule has 0 radical (unpaired) electrons. The number of carbonyl (C=O) groups excluding carboxylic acids is 1. The second-order valence-corrected chi connectivity index (χ2v) is 11.4. The normalized spacial score (nSPS) is 31.1. The van der Waals surface area contributed by atoms with Crippen LogP contribution in [0.5, 0.6) is 0 Å². The molecular formula is C30H39F2N3O2. The molecule has 1 amide bonds. The first-order valence-corrected chi connectivity index (χ1v) is 13.7. The SMILES string of the molecule is Cc1ccc([C@H]2CN([C@H]3CCO[C@@H](C)C3)C[C@@H]2C(=O)N2C[C@@H](C)N(c3ccc(F)cc3)[C@@H](C)C2)c(F)c1. The van der Waals surface area contributed by atoms with Crippen LogP contribution in [0.2, 0.25) is 0 Å². The minimum Gasteiger partial charge on any atom is -0.378 e. The number of likely N-dealkylation sites (tertiary alicyclic amines) is 1. The summed E-state index contributed by atoms with van der Waals surface area (Å²) in [4.78, 5) is 20.8. The van der Waals surface area contributed by atoms with E-state index in [4.69, 9.17) is 4.74 Å². The maximum absolute atomic E-state index is 15.2. The van der Waals surface area contributed by atoms with Crippen LogP contribution < -0.4 is 4.90 Å². The number of amides is 1. The lowest BCUT2D eigenvalue weighted by molar-refractivity contribution is -0.137. The standard InChI is InChI=1S/C30H39F2N3O2/c1-19-5-10-26(29(32)13-19)27-17-33(25-11-12-37-22(4)14-25)18-28(27)30(36)34-15-20(2)35(21(3)16-34)24-8-6-23(31)7-9-24/h5-10,13,20-22,25,27-28H,11-12,14-18H2,1-4H3/t20-,21+,22-,25-,27+,28-/m0/s1. The van der Waals surface area contributed by atoms with Crippen molar-refractivity contribution in [2.75, 3.05) is 37.7 Å². The van der Waals surface area contributed by atoms with E-state index in [-0.39, 0.29) is 47.6 Å². The van der Waals surface area contributed by atoms with Crippen molar-refractivity contribution >= 4 is 11.6 Å². The summed E-state index contributed by atoms with van der Waals surface area (Å²) in [5.41, 5.74) is 2.50. The van der Waals surface area contributed by atoms with Gasteiger partial charge in [-0.1, -0.05) is 12.1 Å². The van der Waals surface area contributed by atoms with Crippen LogP contribution in [0.15, 0.2) is 42.5 Å². The molecule has 3 heterocycles. The first kappa shape index (κ1) is 26.1. The third kappa shape index (κ3) is 5.39. The number of benzene rings is 2. The zero-order valence-corrected chi connectivity index (χ0v) is 22.4. The number of carbonyl (C=O) groups is 1. The largest absolute Gasteiger partial charge is 0.378 e. The molecule has 5 nitrogen and oxygen atoms in total. The summed E-state index contributed by atoms with van der Waals surface area (Å²) in [6, 6.07) is 12.5. The zero-order chi connectivity index (χ0) is 26.3. The summed E-state index contributed by atoms with van der Waals surface area (Å²) in [7, 11) is 0. The van der Waals surface area contributed by atoms with Crippen LogP contribution in [0.25, 0.3) is 0 Å². The lowest BCUT2D eigenvalue weighted by Crippen LogP contribution is -2.59. The van der Waals surface area contributed by atoms with Gasteiger partial charge in [-0.2, -0.15) is 0 Å². The first-order valence-electron chi connectivity index (χ1n) is 13.7. The summed E-state index contributed by atoms with van der Waals surface area (Å²) in [6.07, 6.45) is 2.08. The molecule has 0 aliphatic carbocycles. The molecule has 0 spiro atoms. The fourth-order valence-electron chi connectivity index (χ4n) is 6.80. The highest BCUT2D eigenvalue weighted by molar-refractivity contribution is 5.81. The van der Waals surface area contributed by atoms with E-state index >= 15 is 4.39 Å². The Morgan fingerprint density at radius 2 is 1.65 bits per heavy atom. The number of halogens is 2. The van der Waals surface area contributed by atoms with Gasteiger partial charge < -0.3 is 14.5 Å². The predicted octanol–water partition coefficient (Wildman–Crippen LogP) is 4.98. The molecule has 3 aliphatic rings. The average Bonchev–Trinajstić information content (AvgIpc) is 3.29. The molecule has 6 atom stereocenters. The number of aryl methyl sites for hydroxylation is 1. The predicted molar refractivity (Wildman–Crippen MR) is 142 cm³/mol. The summed E-state index contributed by atoms with van der Waals surface area (Å²) >= 11 is 0. The molecule has 7 heteroatoms. The van der Waals surface area contributed by atoms with Crippen LogP contribution in [0.4, 0.5) is 14.5 Å². The Labute approximate surface area is 219 Å². The smallest absolute Gasteiger partial charge is 0.227 e. The second kappa shape index (κ2) is 10.7. The maximum atomic E-state index is 15.2. The van der Waals surface area contributed by atoms with Gasteiger partial charge in [-0.15, -0.1) is 0 Å². The Kier molecular flexibility index (Phi) is 7.55. The molecule has 2 aromatic rings. The van der Waals surface area contributed by atoms with E-state index in [1.807, 2.05) is 24.0 Å². The summed E-state index contributed by atoms with van der Waals surface area (Å²) in [6.45, 7) is 11.5. The van der Waals surface area contributed by atoms with Crippen molar-refractivity contribution in [1.29, 1.82) is 0 Å². The van der Waals surface area contributed by atoms with E-state index in [0.29, 0.717) is 37.8 Å². The molecular weight excluding hydrogens is 472 g/mol. The van der Waals surface area contributed by atoms with Gasteiger partial charge in [-0.05, 0) is 82.0 Å². The van der Waals surface area contributed by atoms with Gasteiger partial charge >= 0.3 is 0 Å². The van der Waals surface area contributed by atoms with Crippen LogP contribution in [-0.4, -0.2) is 72.7 Å². The van der Waals surface area contributed by atoms with Gasteiger partial charge in [0.15, 0.2) is 0 Å². The lowest BCUT2D eigenvalue weighted by atomic mass is 9.86. The van der Waals surface area contributed by atoms with E-state index in [0.717, 1.165) is 30.7 Å². The van der Waals surface area contributed by atoms with Crippen molar-refractivity contribution in [3.8, 4) is 0 Å². The van der Waals surface area contributed by atoms with Crippen LogP contribution >= 0.6 is 0 Å². The van der Waals surface area contributed by atoms with E-state index < -0.39 is 0 Å². The molecule has 3 saturated heterocycles. The quantitative estimate of drug-likeness (QED) is 0.580. The molecule has 2 aromatic carbocycles. The topological polar surface area (TPSA) is 36.0 Å². The number of hydrogen-bond donors (Lipinski definition) is 0. The summed E-state index contributed by atoms with van der Waals surface area (Å²) < 4.78 is 34.5. The van der Waals surface area contributed by atoms with E-state index in [9.17, 15) is 9.18 Å². The van der Waals surface area contributed by atoms with Gasteiger partial charge in [0, 0.05) is 62.5 Å². The molecule has 5 rings (SSSR count). The Hall–Kier alpha value is -2.51. The number of piperazine rings is 1. The molecule has 37 heavy (non-hydrogen) atoms. The number of hydrogen-bond acceptors (Lipinski definition) is 4. The van der Waals surface area contributed by atoms with Gasteiger partial charge in [-0.3, -0.25) is 9.69 Å². The molecule has 0 unspecified atom stereocenters. The van der Waals surface area contributed by atoms with Crippen LogP contribution in [0.3, 0.4) is 0 Å². The lowest BCUT2D eigenvalue weighted by Gasteiger charge is -2.46. The third-order valence-electron chi connectivity index (χ3n) is 8.55. The van der Waals surface area contributed by atoms with E-state index in [2.05, 4.69) is 30.6 Å². The van der Waals surface area contributed by atoms with Crippen molar-refractivity contribution in [2.45, 2.75) is 70.7 Å². The highest BCUT2D eigenvalue weighted by Crippen LogP contribution is 2.39. The number of rotatable bonds is 4. The average molecular weight is 512 g/mol. The molecule has 0 N–H and O–H groups in total. The highest BCUT2D eigenvalue weighted by Gasteiger charge is 2.45. The van der Waals surface area contributed by atoms with Gasteiger partial charge in [0.05, 0.1) is 12.0 Å².